The summed E-state index contributed by atoms with van der Waals surface area (Å²) in [6.45, 7) is 0. The molecule has 0 saturated carbocycles. The van der Waals surface area contributed by atoms with Crippen LogP contribution in [0.15, 0.2) is 176 Å². The number of fused-ring (bicyclic) bond motifs is 8. The Morgan fingerprint density at radius 3 is 1.66 bits per heavy atom. The fourth-order valence-corrected chi connectivity index (χ4v) is 7.55. The van der Waals surface area contributed by atoms with Crippen LogP contribution in [-0.2, 0) is 0 Å². The Morgan fingerprint density at radius 1 is 0.319 bits per heavy atom. The van der Waals surface area contributed by atoms with Crippen molar-refractivity contribution in [2.45, 2.75) is 0 Å². The fourth-order valence-electron chi connectivity index (χ4n) is 7.55. The van der Waals surface area contributed by atoms with Crippen molar-refractivity contribution in [1.82, 2.24) is 13.7 Å². The van der Waals surface area contributed by atoms with Crippen molar-refractivity contribution in [3.05, 3.63) is 176 Å². The maximum Gasteiger partial charge on any atom is 0.0788 e. The van der Waals surface area contributed by atoms with Gasteiger partial charge in [-0.3, -0.25) is 0 Å². The van der Waals surface area contributed by atoms with Crippen LogP contribution in [0.5, 0.6) is 0 Å². The van der Waals surface area contributed by atoms with E-state index in [1.165, 1.54) is 65.6 Å². The largest absolute Gasteiger partial charge is 0.315 e. The van der Waals surface area contributed by atoms with Crippen LogP contribution < -0.4 is 0 Å². The summed E-state index contributed by atoms with van der Waals surface area (Å²) in [5.74, 6) is 0. The van der Waals surface area contributed by atoms with Crippen LogP contribution in [-0.4, -0.2) is 13.7 Å². The predicted molar refractivity (Wildman–Crippen MR) is 197 cm³/mol. The molecule has 0 atom stereocenters. The Hall–Kier alpha value is -6.32. The Morgan fingerprint density at radius 2 is 0.894 bits per heavy atom. The second-order valence-corrected chi connectivity index (χ2v) is 12.2. The molecule has 10 aromatic rings. The van der Waals surface area contributed by atoms with Gasteiger partial charge in [0.05, 0.1) is 27.6 Å². The van der Waals surface area contributed by atoms with E-state index in [-0.39, 0.29) is 0 Å². The molecule has 0 spiro atoms. The van der Waals surface area contributed by atoms with E-state index in [4.69, 9.17) is 0 Å². The van der Waals surface area contributed by atoms with Gasteiger partial charge in [0.1, 0.15) is 0 Å². The lowest BCUT2D eigenvalue weighted by Crippen LogP contribution is -1.99. The van der Waals surface area contributed by atoms with Gasteiger partial charge < -0.3 is 13.7 Å². The van der Waals surface area contributed by atoms with Crippen molar-refractivity contribution >= 4 is 54.5 Å². The molecule has 47 heavy (non-hydrogen) atoms. The lowest BCUT2D eigenvalue weighted by molar-refractivity contribution is 1.10. The molecule has 10 rings (SSSR count). The molecule has 0 bridgehead atoms. The Kier molecular flexibility index (Phi) is 5.57. The van der Waals surface area contributed by atoms with E-state index >= 15 is 0 Å². The van der Waals surface area contributed by atoms with E-state index in [0.717, 1.165) is 17.1 Å². The van der Waals surface area contributed by atoms with Gasteiger partial charge in [0.2, 0.25) is 0 Å². The zero-order valence-electron chi connectivity index (χ0n) is 25.6. The molecular weight excluding hydrogens is 571 g/mol. The van der Waals surface area contributed by atoms with Crippen molar-refractivity contribution in [2.75, 3.05) is 0 Å². The highest BCUT2D eigenvalue weighted by Crippen LogP contribution is 2.39. The number of aromatic nitrogens is 3. The first-order valence-corrected chi connectivity index (χ1v) is 16.1. The Bertz CT molecular complexity index is 2760. The summed E-state index contributed by atoms with van der Waals surface area (Å²) in [6, 6.07) is 61.4. The van der Waals surface area contributed by atoms with Crippen molar-refractivity contribution in [3.8, 4) is 28.2 Å². The van der Waals surface area contributed by atoms with Crippen molar-refractivity contribution in [3.63, 3.8) is 0 Å². The molecule has 0 saturated heterocycles. The molecule has 3 nitrogen and oxygen atoms in total. The second kappa shape index (κ2) is 10.1. The monoisotopic (exact) mass is 599 g/mol. The van der Waals surface area contributed by atoms with E-state index in [9.17, 15) is 0 Å². The Labute approximate surface area is 271 Å². The van der Waals surface area contributed by atoms with Crippen LogP contribution in [0.3, 0.4) is 0 Å². The molecule has 220 valence electrons. The molecule has 0 N–H and O–H groups in total. The van der Waals surface area contributed by atoms with Gasteiger partial charge >= 0.3 is 0 Å². The maximum atomic E-state index is 2.42. The highest BCUT2D eigenvalue weighted by atomic mass is 15.0. The van der Waals surface area contributed by atoms with Crippen molar-refractivity contribution in [1.29, 1.82) is 0 Å². The van der Waals surface area contributed by atoms with E-state index in [0.29, 0.717) is 0 Å². The molecule has 0 unspecified atom stereocenters. The van der Waals surface area contributed by atoms with Gasteiger partial charge in [-0.1, -0.05) is 109 Å². The van der Waals surface area contributed by atoms with Crippen molar-refractivity contribution < 1.29 is 0 Å². The third-order valence-corrected chi connectivity index (χ3v) is 9.67. The number of hydrogen-bond donors (Lipinski definition) is 0. The second-order valence-electron chi connectivity index (χ2n) is 12.2. The van der Waals surface area contributed by atoms with Crippen LogP contribution in [0.1, 0.15) is 0 Å². The molecule has 3 heterocycles. The number of nitrogens with zero attached hydrogens (tertiary/aromatic N) is 3. The minimum absolute atomic E-state index is 1.13. The van der Waals surface area contributed by atoms with Crippen LogP contribution in [0.4, 0.5) is 0 Å². The SMILES string of the molecule is c1ccc(-c2ccc3c4ccccc4n(-c4ccc(-n5ccc6ccc7c8ccccc8n(-c8ccccc8)c7c65)cc4)c3c2)cc1. The van der Waals surface area contributed by atoms with Gasteiger partial charge in [-0.25, -0.2) is 0 Å². The summed E-state index contributed by atoms with van der Waals surface area (Å²) in [4.78, 5) is 0. The molecule has 3 heteroatoms. The minimum atomic E-state index is 1.13. The van der Waals surface area contributed by atoms with Crippen molar-refractivity contribution in [2.24, 2.45) is 0 Å². The first-order valence-electron chi connectivity index (χ1n) is 16.1. The number of rotatable bonds is 4. The van der Waals surface area contributed by atoms with Crippen LogP contribution in [0, 0.1) is 0 Å². The molecular formula is C44H29N3. The van der Waals surface area contributed by atoms with Gasteiger partial charge in [-0.2, -0.15) is 0 Å². The summed E-state index contributed by atoms with van der Waals surface area (Å²) < 4.78 is 7.17. The van der Waals surface area contributed by atoms with Gasteiger partial charge in [0, 0.05) is 50.2 Å². The summed E-state index contributed by atoms with van der Waals surface area (Å²) in [5, 5.41) is 6.26. The minimum Gasteiger partial charge on any atom is -0.315 e. The van der Waals surface area contributed by atoms with Crippen LogP contribution in [0.2, 0.25) is 0 Å². The first kappa shape index (κ1) is 26.0. The summed E-state index contributed by atoms with van der Waals surface area (Å²) >= 11 is 0. The molecule has 0 radical (unpaired) electrons. The van der Waals surface area contributed by atoms with E-state index in [1.54, 1.807) is 0 Å². The summed E-state index contributed by atoms with van der Waals surface area (Å²) in [5.41, 5.74) is 11.9. The lowest BCUT2D eigenvalue weighted by atomic mass is 10.0. The van der Waals surface area contributed by atoms with Gasteiger partial charge in [-0.05, 0) is 71.8 Å². The summed E-state index contributed by atoms with van der Waals surface area (Å²) in [7, 11) is 0. The standard InChI is InChI=1S/C44H29N3/c1-3-11-30(12-4-1)32-20-25-38-36-15-7-9-17-40(36)46(42(38)29-32)35-23-21-33(22-24-35)45-28-27-31-19-26-39-37-16-8-10-18-41(37)47(44(39)43(31)45)34-13-5-2-6-14-34/h1-29H. The zero-order chi connectivity index (χ0) is 30.9. The topological polar surface area (TPSA) is 14.8 Å². The van der Waals surface area contributed by atoms with E-state index in [2.05, 4.69) is 190 Å². The highest BCUT2D eigenvalue weighted by Gasteiger charge is 2.18. The van der Waals surface area contributed by atoms with Gasteiger partial charge in [0.15, 0.2) is 0 Å². The van der Waals surface area contributed by atoms with Gasteiger partial charge in [-0.15, -0.1) is 0 Å². The molecule has 0 amide bonds. The number of para-hydroxylation sites is 3. The first-order chi connectivity index (χ1) is 23.3. The smallest absolute Gasteiger partial charge is 0.0788 e. The van der Waals surface area contributed by atoms with Crippen LogP contribution >= 0.6 is 0 Å². The maximum absolute atomic E-state index is 2.42. The number of benzene rings is 7. The average Bonchev–Trinajstić information content (AvgIpc) is 3.82. The lowest BCUT2D eigenvalue weighted by Gasteiger charge is -2.13. The quantitative estimate of drug-likeness (QED) is 0.191. The van der Waals surface area contributed by atoms with E-state index in [1.807, 2.05) is 0 Å². The third-order valence-electron chi connectivity index (χ3n) is 9.67. The third kappa shape index (κ3) is 3.87. The van der Waals surface area contributed by atoms with E-state index < -0.39 is 0 Å². The predicted octanol–water partition coefficient (Wildman–Crippen LogP) is 11.5. The molecule has 3 aromatic heterocycles. The average molecular weight is 600 g/mol. The van der Waals surface area contributed by atoms with Gasteiger partial charge in [0.25, 0.3) is 0 Å². The summed E-state index contributed by atoms with van der Waals surface area (Å²) in [6.07, 6.45) is 2.21. The van der Waals surface area contributed by atoms with Crippen LogP contribution in [0.25, 0.3) is 82.7 Å². The molecule has 0 aliphatic rings. The number of hydrogen-bond acceptors (Lipinski definition) is 0. The zero-order valence-corrected chi connectivity index (χ0v) is 25.6. The normalized spacial score (nSPS) is 11.8. The highest BCUT2D eigenvalue weighted by molar-refractivity contribution is 6.18. The molecule has 0 fully saturated rings. The molecule has 0 aliphatic heterocycles. The fraction of sp³-hybridized carbons (Fsp3) is 0. The Balaban J connectivity index is 1.18. The molecule has 7 aromatic carbocycles. The molecule has 0 aliphatic carbocycles.